The molecular formula is C19H28N6O. The highest BCUT2D eigenvalue weighted by Crippen LogP contribution is 2.23. The van der Waals surface area contributed by atoms with Crippen LogP contribution in [0.3, 0.4) is 0 Å². The van der Waals surface area contributed by atoms with E-state index in [1.807, 2.05) is 36.9 Å². The third kappa shape index (κ3) is 4.40. The van der Waals surface area contributed by atoms with Crippen LogP contribution in [0, 0.1) is 13.8 Å². The molecule has 1 unspecified atom stereocenters. The zero-order valence-electron chi connectivity index (χ0n) is 16.0. The molecule has 1 atom stereocenters. The molecule has 140 valence electrons. The van der Waals surface area contributed by atoms with Gasteiger partial charge in [0, 0.05) is 38.6 Å². The Labute approximate surface area is 154 Å². The molecule has 0 radical (unpaired) electrons. The lowest BCUT2D eigenvalue weighted by molar-refractivity contribution is 0.0243. The van der Waals surface area contributed by atoms with Crippen LogP contribution >= 0.6 is 0 Å². The summed E-state index contributed by atoms with van der Waals surface area (Å²) >= 11 is 0. The van der Waals surface area contributed by atoms with Crippen molar-refractivity contribution in [3.05, 3.63) is 41.3 Å². The van der Waals surface area contributed by atoms with Gasteiger partial charge >= 0.3 is 0 Å². The highest BCUT2D eigenvalue weighted by atomic mass is 16.5. The molecule has 7 nitrogen and oxygen atoms in total. The number of guanidine groups is 1. The molecule has 0 aromatic carbocycles. The minimum Gasteiger partial charge on any atom is -0.373 e. The second-order valence-corrected chi connectivity index (χ2v) is 7.04. The van der Waals surface area contributed by atoms with Crippen LogP contribution in [0.25, 0.3) is 5.82 Å². The van der Waals surface area contributed by atoms with Crippen LogP contribution in [0.2, 0.25) is 0 Å². The van der Waals surface area contributed by atoms with Crippen LogP contribution in [-0.2, 0) is 11.3 Å². The first kappa shape index (κ1) is 18.4. The van der Waals surface area contributed by atoms with Crippen LogP contribution in [0.1, 0.15) is 36.7 Å². The van der Waals surface area contributed by atoms with Crippen molar-refractivity contribution in [1.29, 1.82) is 0 Å². The Morgan fingerprint density at radius 2 is 2.19 bits per heavy atom. The summed E-state index contributed by atoms with van der Waals surface area (Å²) in [5.74, 6) is 1.59. The molecule has 0 saturated carbocycles. The van der Waals surface area contributed by atoms with E-state index in [0.717, 1.165) is 54.7 Å². The number of aliphatic imine (C=N–C) groups is 1. The van der Waals surface area contributed by atoms with Gasteiger partial charge in [-0.1, -0.05) is 6.07 Å². The Hall–Kier alpha value is -2.41. The van der Waals surface area contributed by atoms with Crippen LogP contribution in [-0.4, -0.2) is 46.5 Å². The molecule has 2 N–H and O–H groups in total. The number of nitrogens with zero attached hydrogens (tertiary/aromatic N) is 4. The standard InChI is InChI=1S/C19H28N6O/c1-14-10-15(2)25(24-14)17-7-6-16(11-21-17)12-22-18(20-4)23-13-19(3)8-5-9-26-19/h6-7,10-11H,5,8-9,12-13H2,1-4H3,(H2,20,22,23). The van der Waals surface area contributed by atoms with E-state index in [2.05, 4.69) is 38.7 Å². The molecule has 0 spiro atoms. The molecule has 26 heavy (non-hydrogen) atoms. The summed E-state index contributed by atoms with van der Waals surface area (Å²) in [6.07, 6.45) is 4.07. The lowest BCUT2D eigenvalue weighted by atomic mass is 10.0. The Balaban J connectivity index is 1.54. The highest BCUT2D eigenvalue weighted by Gasteiger charge is 2.29. The average Bonchev–Trinajstić information content (AvgIpc) is 3.21. The third-order valence-corrected chi connectivity index (χ3v) is 4.65. The third-order valence-electron chi connectivity index (χ3n) is 4.65. The van der Waals surface area contributed by atoms with Crippen LogP contribution in [0.15, 0.2) is 29.4 Å². The van der Waals surface area contributed by atoms with Crippen molar-refractivity contribution in [3.8, 4) is 5.82 Å². The second kappa shape index (κ2) is 7.86. The number of ether oxygens (including phenoxy) is 1. The fourth-order valence-electron chi connectivity index (χ4n) is 3.16. The molecule has 2 aromatic heterocycles. The Bertz CT molecular complexity index is 759. The number of aryl methyl sites for hydroxylation is 2. The fourth-order valence-corrected chi connectivity index (χ4v) is 3.16. The number of nitrogens with one attached hydrogen (secondary N) is 2. The van der Waals surface area contributed by atoms with Crippen molar-refractivity contribution < 1.29 is 4.74 Å². The van der Waals surface area contributed by atoms with E-state index in [0.29, 0.717) is 6.54 Å². The number of hydrogen-bond donors (Lipinski definition) is 2. The summed E-state index contributed by atoms with van der Waals surface area (Å²) in [5.41, 5.74) is 3.06. The van der Waals surface area contributed by atoms with Crippen LogP contribution < -0.4 is 10.6 Å². The first-order chi connectivity index (χ1) is 12.5. The maximum Gasteiger partial charge on any atom is 0.191 e. The second-order valence-electron chi connectivity index (χ2n) is 7.04. The van der Waals surface area contributed by atoms with Gasteiger partial charge in [-0.25, -0.2) is 9.67 Å². The van der Waals surface area contributed by atoms with Gasteiger partial charge < -0.3 is 15.4 Å². The predicted octanol–water partition coefficient (Wildman–Crippen LogP) is 2.12. The van der Waals surface area contributed by atoms with E-state index in [1.54, 1.807) is 7.05 Å². The van der Waals surface area contributed by atoms with Crippen molar-refractivity contribution in [2.75, 3.05) is 20.2 Å². The number of hydrogen-bond acceptors (Lipinski definition) is 4. The van der Waals surface area contributed by atoms with Gasteiger partial charge in [0.25, 0.3) is 0 Å². The zero-order chi connectivity index (χ0) is 18.6. The minimum atomic E-state index is -0.0966. The van der Waals surface area contributed by atoms with Crippen LogP contribution in [0.5, 0.6) is 0 Å². The van der Waals surface area contributed by atoms with Crippen molar-refractivity contribution in [2.24, 2.45) is 4.99 Å². The molecule has 1 fully saturated rings. The Morgan fingerprint density at radius 3 is 2.77 bits per heavy atom. The van der Waals surface area contributed by atoms with E-state index < -0.39 is 0 Å². The van der Waals surface area contributed by atoms with E-state index in [4.69, 9.17) is 4.74 Å². The summed E-state index contributed by atoms with van der Waals surface area (Å²) < 4.78 is 7.66. The SMILES string of the molecule is CN=C(NCc1ccc(-n2nc(C)cc2C)nc1)NCC1(C)CCCO1. The number of rotatable bonds is 5. The van der Waals surface area contributed by atoms with Gasteiger partial charge in [-0.05, 0) is 51.3 Å². The van der Waals surface area contributed by atoms with Gasteiger partial charge in [-0.2, -0.15) is 5.10 Å². The molecule has 0 aliphatic carbocycles. The lowest BCUT2D eigenvalue weighted by Crippen LogP contribution is -2.45. The van der Waals surface area contributed by atoms with Gasteiger partial charge in [0.1, 0.15) is 0 Å². The number of aromatic nitrogens is 3. The molecule has 7 heteroatoms. The summed E-state index contributed by atoms with van der Waals surface area (Å²) in [7, 11) is 1.78. The average molecular weight is 356 g/mol. The summed E-state index contributed by atoms with van der Waals surface area (Å²) in [5, 5.41) is 11.1. The monoisotopic (exact) mass is 356 g/mol. The molecule has 1 aliphatic heterocycles. The quantitative estimate of drug-likeness (QED) is 0.634. The minimum absolute atomic E-state index is 0.0966. The molecule has 0 amide bonds. The topological polar surface area (TPSA) is 76.4 Å². The molecule has 3 rings (SSSR count). The maximum atomic E-state index is 5.80. The summed E-state index contributed by atoms with van der Waals surface area (Å²) in [4.78, 5) is 8.81. The highest BCUT2D eigenvalue weighted by molar-refractivity contribution is 5.79. The first-order valence-electron chi connectivity index (χ1n) is 9.06. The molecule has 3 heterocycles. The van der Waals surface area contributed by atoms with Gasteiger partial charge in [0.15, 0.2) is 11.8 Å². The summed E-state index contributed by atoms with van der Waals surface area (Å²) in [6, 6.07) is 6.09. The molecule has 2 aromatic rings. The van der Waals surface area contributed by atoms with Gasteiger partial charge in [0.2, 0.25) is 0 Å². The number of pyridine rings is 1. The van der Waals surface area contributed by atoms with Crippen molar-refractivity contribution in [3.63, 3.8) is 0 Å². The molecule has 1 saturated heterocycles. The van der Waals surface area contributed by atoms with E-state index in [9.17, 15) is 0 Å². The zero-order valence-corrected chi connectivity index (χ0v) is 16.0. The largest absolute Gasteiger partial charge is 0.373 e. The smallest absolute Gasteiger partial charge is 0.191 e. The van der Waals surface area contributed by atoms with Crippen molar-refractivity contribution in [1.82, 2.24) is 25.4 Å². The molecule has 1 aliphatic rings. The van der Waals surface area contributed by atoms with Gasteiger partial charge in [0.05, 0.1) is 11.3 Å². The maximum absolute atomic E-state index is 5.80. The van der Waals surface area contributed by atoms with E-state index >= 15 is 0 Å². The Morgan fingerprint density at radius 1 is 1.35 bits per heavy atom. The van der Waals surface area contributed by atoms with Crippen LogP contribution in [0.4, 0.5) is 0 Å². The van der Waals surface area contributed by atoms with E-state index in [1.165, 1.54) is 0 Å². The van der Waals surface area contributed by atoms with E-state index in [-0.39, 0.29) is 5.60 Å². The molecule has 0 bridgehead atoms. The van der Waals surface area contributed by atoms with Crippen molar-refractivity contribution in [2.45, 2.75) is 45.8 Å². The van der Waals surface area contributed by atoms with Crippen molar-refractivity contribution >= 4 is 5.96 Å². The first-order valence-corrected chi connectivity index (χ1v) is 9.06. The Kier molecular flexibility index (Phi) is 5.56. The van der Waals surface area contributed by atoms with Gasteiger partial charge in [-0.15, -0.1) is 0 Å². The predicted molar refractivity (Wildman–Crippen MR) is 103 cm³/mol. The summed E-state index contributed by atoms with van der Waals surface area (Å²) in [6.45, 7) is 8.40. The molecular weight excluding hydrogens is 328 g/mol. The fraction of sp³-hybridized carbons (Fsp3) is 0.526. The van der Waals surface area contributed by atoms with Gasteiger partial charge in [-0.3, -0.25) is 4.99 Å². The normalized spacial score (nSPS) is 20.4. The lowest BCUT2D eigenvalue weighted by Gasteiger charge is -2.24.